The van der Waals surface area contributed by atoms with Crippen molar-refractivity contribution in [3.63, 3.8) is 0 Å². The monoisotopic (exact) mass is 242 g/mol. The van der Waals surface area contributed by atoms with Crippen molar-refractivity contribution < 1.29 is 9.53 Å². The molecule has 17 heavy (non-hydrogen) atoms. The molecule has 0 aliphatic heterocycles. The van der Waals surface area contributed by atoms with E-state index >= 15 is 0 Å². The van der Waals surface area contributed by atoms with Crippen molar-refractivity contribution in [2.24, 2.45) is 5.92 Å². The van der Waals surface area contributed by atoms with Gasteiger partial charge < -0.3 is 15.0 Å². The van der Waals surface area contributed by atoms with Gasteiger partial charge in [-0.25, -0.2) is 0 Å². The molecule has 1 fully saturated rings. The van der Waals surface area contributed by atoms with Crippen LogP contribution in [0.25, 0.3) is 0 Å². The van der Waals surface area contributed by atoms with Crippen LogP contribution >= 0.6 is 0 Å². The van der Waals surface area contributed by atoms with E-state index in [4.69, 9.17) is 4.74 Å². The molecule has 4 heteroatoms. The fourth-order valence-electron chi connectivity index (χ4n) is 1.52. The summed E-state index contributed by atoms with van der Waals surface area (Å²) in [5.41, 5.74) is 0. The van der Waals surface area contributed by atoms with Crippen LogP contribution in [0, 0.1) is 5.92 Å². The topological polar surface area (TPSA) is 41.6 Å². The zero-order chi connectivity index (χ0) is 12.7. The average molecular weight is 242 g/mol. The third kappa shape index (κ3) is 7.34. The smallest absolute Gasteiger partial charge is 0.223 e. The van der Waals surface area contributed by atoms with Crippen LogP contribution in [-0.2, 0) is 9.53 Å². The fourth-order valence-corrected chi connectivity index (χ4v) is 1.52. The van der Waals surface area contributed by atoms with Gasteiger partial charge in [0.2, 0.25) is 5.91 Å². The Bertz CT molecular complexity index is 227. The van der Waals surface area contributed by atoms with E-state index in [1.54, 1.807) is 4.90 Å². The molecule has 1 amide bonds. The maximum atomic E-state index is 11.7. The molecule has 0 spiro atoms. The fraction of sp³-hybridized carbons (Fsp3) is 0.923. The number of likely N-dealkylation sites (N-methyl/N-ethyl adjacent to an activating group) is 1. The highest BCUT2D eigenvalue weighted by atomic mass is 16.5. The molecule has 0 radical (unpaired) electrons. The van der Waals surface area contributed by atoms with E-state index in [2.05, 4.69) is 19.2 Å². The summed E-state index contributed by atoms with van der Waals surface area (Å²) in [5.74, 6) is 0.986. The normalized spacial score (nSPS) is 15.3. The third-order valence-corrected chi connectivity index (χ3v) is 2.94. The van der Waals surface area contributed by atoms with Gasteiger partial charge >= 0.3 is 0 Å². The molecule has 1 N–H and O–H groups in total. The van der Waals surface area contributed by atoms with Crippen LogP contribution in [0.3, 0.4) is 0 Å². The minimum atomic E-state index is 0.188. The SMILES string of the molecule is CC(C)NCCC(=O)N(C)CCOCC1CC1. The first-order valence-electron chi connectivity index (χ1n) is 6.64. The Morgan fingerprint density at radius 1 is 1.47 bits per heavy atom. The first-order chi connectivity index (χ1) is 8.09. The Morgan fingerprint density at radius 2 is 2.18 bits per heavy atom. The van der Waals surface area contributed by atoms with Gasteiger partial charge in [0, 0.05) is 39.2 Å². The number of amides is 1. The number of carbonyl (C=O) groups excluding carboxylic acids is 1. The van der Waals surface area contributed by atoms with Crippen LogP contribution < -0.4 is 5.32 Å². The number of carbonyl (C=O) groups is 1. The highest BCUT2D eigenvalue weighted by Gasteiger charge is 2.21. The second-order valence-electron chi connectivity index (χ2n) is 5.19. The molecule has 1 aliphatic rings. The predicted molar refractivity (Wildman–Crippen MR) is 68.9 cm³/mol. The van der Waals surface area contributed by atoms with Crippen molar-refractivity contribution in [2.45, 2.75) is 39.2 Å². The van der Waals surface area contributed by atoms with Crippen molar-refractivity contribution in [2.75, 3.05) is 33.4 Å². The summed E-state index contributed by atoms with van der Waals surface area (Å²) in [5, 5.41) is 3.24. The lowest BCUT2D eigenvalue weighted by molar-refractivity contribution is -0.130. The third-order valence-electron chi connectivity index (χ3n) is 2.94. The molecule has 0 heterocycles. The summed E-state index contributed by atoms with van der Waals surface area (Å²) in [7, 11) is 1.85. The lowest BCUT2D eigenvalue weighted by Crippen LogP contribution is -2.34. The Morgan fingerprint density at radius 3 is 2.76 bits per heavy atom. The van der Waals surface area contributed by atoms with E-state index in [1.807, 2.05) is 7.05 Å². The lowest BCUT2D eigenvalue weighted by atomic mass is 10.3. The van der Waals surface area contributed by atoms with Crippen LogP contribution in [0.5, 0.6) is 0 Å². The van der Waals surface area contributed by atoms with Crippen LogP contribution in [0.4, 0.5) is 0 Å². The molecule has 1 rings (SSSR count). The Kier molecular flexibility index (Phi) is 6.52. The zero-order valence-electron chi connectivity index (χ0n) is 11.4. The molecule has 0 aromatic carbocycles. The molecule has 0 atom stereocenters. The average Bonchev–Trinajstić information content (AvgIpc) is 3.07. The van der Waals surface area contributed by atoms with Gasteiger partial charge in [0.15, 0.2) is 0 Å². The van der Waals surface area contributed by atoms with Crippen LogP contribution in [0.15, 0.2) is 0 Å². The van der Waals surface area contributed by atoms with Gasteiger partial charge in [-0.1, -0.05) is 13.8 Å². The first kappa shape index (κ1) is 14.5. The number of rotatable bonds is 9. The maximum absolute atomic E-state index is 11.7. The summed E-state index contributed by atoms with van der Waals surface area (Å²) in [4.78, 5) is 13.5. The summed E-state index contributed by atoms with van der Waals surface area (Å²) >= 11 is 0. The molecule has 0 aromatic rings. The minimum Gasteiger partial charge on any atom is -0.379 e. The highest BCUT2D eigenvalue weighted by molar-refractivity contribution is 5.76. The summed E-state index contributed by atoms with van der Waals surface area (Å²) < 4.78 is 5.51. The molecule has 0 bridgehead atoms. The molecule has 0 aromatic heterocycles. The molecule has 4 nitrogen and oxygen atoms in total. The van der Waals surface area contributed by atoms with Crippen molar-refractivity contribution in [1.29, 1.82) is 0 Å². The number of nitrogens with one attached hydrogen (secondary N) is 1. The first-order valence-corrected chi connectivity index (χ1v) is 6.64. The van der Waals surface area contributed by atoms with Gasteiger partial charge in [-0.3, -0.25) is 4.79 Å². The number of hydrogen-bond donors (Lipinski definition) is 1. The van der Waals surface area contributed by atoms with E-state index in [9.17, 15) is 4.79 Å². The van der Waals surface area contributed by atoms with Crippen molar-refractivity contribution in [1.82, 2.24) is 10.2 Å². The largest absolute Gasteiger partial charge is 0.379 e. The van der Waals surface area contributed by atoms with Gasteiger partial charge in [0.05, 0.1) is 6.61 Å². The number of hydrogen-bond acceptors (Lipinski definition) is 3. The van der Waals surface area contributed by atoms with Crippen molar-refractivity contribution in [3.8, 4) is 0 Å². The molecule has 1 saturated carbocycles. The van der Waals surface area contributed by atoms with Gasteiger partial charge in [-0.05, 0) is 18.8 Å². The standard InChI is InChI=1S/C13H26N2O2/c1-11(2)14-7-6-13(16)15(3)8-9-17-10-12-4-5-12/h11-12,14H,4-10H2,1-3H3. The quantitative estimate of drug-likeness (QED) is 0.619. The van der Waals surface area contributed by atoms with Gasteiger partial charge in [0.25, 0.3) is 0 Å². The van der Waals surface area contributed by atoms with Crippen molar-refractivity contribution in [3.05, 3.63) is 0 Å². The Balaban J connectivity index is 1.96. The maximum Gasteiger partial charge on any atom is 0.223 e. The summed E-state index contributed by atoms with van der Waals surface area (Å²) in [6.07, 6.45) is 3.20. The molecule has 1 aliphatic carbocycles. The predicted octanol–water partition coefficient (Wildman–Crippen LogP) is 1.26. The molecule has 0 saturated heterocycles. The Labute approximate surface area is 105 Å². The van der Waals surface area contributed by atoms with Crippen LogP contribution in [-0.4, -0.2) is 50.2 Å². The minimum absolute atomic E-state index is 0.188. The molecule has 0 unspecified atom stereocenters. The lowest BCUT2D eigenvalue weighted by Gasteiger charge is -2.17. The van der Waals surface area contributed by atoms with Gasteiger partial charge in [0.1, 0.15) is 0 Å². The molecular weight excluding hydrogens is 216 g/mol. The highest BCUT2D eigenvalue weighted by Crippen LogP contribution is 2.28. The zero-order valence-corrected chi connectivity index (χ0v) is 11.4. The van der Waals surface area contributed by atoms with Gasteiger partial charge in [-0.15, -0.1) is 0 Å². The van der Waals surface area contributed by atoms with E-state index < -0.39 is 0 Å². The van der Waals surface area contributed by atoms with E-state index in [0.717, 1.165) is 19.1 Å². The second-order valence-corrected chi connectivity index (χ2v) is 5.19. The number of ether oxygens (including phenoxy) is 1. The number of nitrogens with zero attached hydrogens (tertiary/aromatic N) is 1. The van der Waals surface area contributed by atoms with E-state index in [0.29, 0.717) is 25.6 Å². The van der Waals surface area contributed by atoms with E-state index in [1.165, 1.54) is 12.8 Å². The summed E-state index contributed by atoms with van der Waals surface area (Å²) in [6, 6.07) is 0.440. The van der Waals surface area contributed by atoms with Gasteiger partial charge in [-0.2, -0.15) is 0 Å². The van der Waals surface area contributed by atoms with Crippen LogP contribution in [0.1, 0.15) is 33.1 Å². The van der Waals surface area contributed by atoms with Crippen molar-refractivity contribution >= 4 is 5.91 Å². The summed E-state index contributed by atoms with van der Waals surface area (Å²) in [6.45, 7) is 7.16. The second kappa shape index (κ2) is 7.67. The Hall–Kier alpha value is -0.610. The molecule has 100 valence electrons. The van der Waals surface area contributed by atoms with Crippen LogP contribution in [0.2, 0.25) is 0 Å². The van der Waals surface area contributed by atoms with E-state index in [-0.39, 0.29) is 5.91 Å². The molecular formula is C13H26N2O2.